The van der Waals surface area contributed by atoms with Crippen LogP contribution in [0.5, 0.6) is 0 Å². The van der Waals surface area contributed by atoms with Gasteiger partial charge >= 0.3 is 0 Å². The smallest absolute Gasteiger partial charge is 0.274 e. The topological polar surface area (TPSA) is 70.8 Å². The third kappa shape index (κ3) is 4.29. The number of pyridine rings is 2. The molecule has 0 unspecified atom stereocenters. The molecule has 4 heterocycles. The molecular formula is C27H27N5O2. The van der Waals surface area contributed by atoms with Crippen molar-refractivity contribution in [1.29, 1.82) is 0 Å². The molecular weight excluding hydrogens is 426 g/mol. The Bertz CT molecular complexity index is 1300. The van der Waals surface area contributed by atoms with Gasteiger partial charge in [0.1, 0.15) is 5.82 Å². The Morgan fingerprint density at radius 3 is 2.62 bits per heavy atom. The molecule has 2 amide bonds. The third-order valence-corrected chi connectivity index (χ3v) is 6.34. The quantitative estimate of drug-likeness (QED) is 0.458. The molecule has 0 radical (unpaired) electrons. The van der Waals surface area contributed by atoms with E-state index in [9.17, 15) is 9.59 Å². The maximum Gasteiger partial charge on any atom is 0.274 e. The number of hydrogen-bond acceptors (Lipinski definition) is 4. The van der Waals surface area contributed by atoms with Crippen LogP contribution in [0, 0.1) is 0 Å². The summed E-state index contributed by atoms with van der Waals surface area (Å²) in [5.74, 6) is 0.779. The largest absolute Gasteiger partial charge is 0.338 e. The highest BCUT2D eigenvalue weighted by molar-refractivity contribution is 5.99. The minimum Gasteiger partial charge on any atom is -0.338 e. The van der Waals surface area contributed by atoms with Crippen molar-refractivity contribution >= 4 is 17.3 Å². The molecule has 3 aromatic heterocycles. The first-order valence-electron chi connectivity index (χ1n) is 11.6. The number of carbonyl (C=O) groups is 2. The minimum atomic E-state index is -0.145. The van der Waals surface area contributed by atoms with Gasteiger partial charge < -0.3 is 14.2 Å². The van der Waals surface area contributed by atoms with Gasteiger partial charge in [-0.15, -0.1) is 0 Å². The molecule has 1 fully saturated rings. The summed E-state index contributed by atoms with van der Waals surface area (Å²) in [6, 6.07) is 20.8. The van der Waals surface area contributed by atoms with Crippen LogP contribution in [0.25, 0.3) is 5.52 Å². The van der Waals surface area contributed by atoms with Gasteiger partial charge in [-0.2, -0.15) is 0 Å². The summed E-state index contributed by atoms with van der Waals surface area (Å²) in [5.41, 5.74) is 2.73. The number of rotatable bonds is 5. The average Bonchev–Trinajstić information content (AvgIpc) is 3.29. The number of nitrogens with zero attached hydrogens (tertiary/aromatic N) is 5. The number of aromatic nitrogens is 3. The minimum absolute atomic E-state index is 0.0394. The zero-order chi connectivity index (χ0) is 23.5. The van der Waals surface area contributed by atoms with Crippen LogP contribution in [0.2, 0.25) is 0 Å². The number of fused-ring (bicyclic) bond motifs is 1. The maximum absolute atomic E-state index is 13.4. The van der Waals surface area contributed by atoms with Crippen molar-refractivity contribution in [3.63, 3.8) is 0 Å². The van der Waals surface area contributed by atoms with Crippen LogP contribution in [0.3, 0.4) is 0 Å². The number of benzene rings is 1. The molecule has 1 saturated heterocycles. The summed E-state index contributed by atoms with van der Waals surface area (Å²) >= 11 is 0. The SMILES string of the molecule is CN(Cc1ccccn1)C(=O)c1nc([C@H]2CCCN(C(=O)c3ccccc3)C2)n2ccccc12. The number of piperidine rings is 1. The van der Waals surface area contributed by atoms with Crippen LogP contribution in [-0.4, -0.2) is 56.1 Å². The van der Waals surface area contributed by atoms with E-state index in [-0.39, 0.29) is 17.7 Å². The van der Waals surface area contributed by atoms with Gasteiger partial charge in [-0.1, -0.05) is 30.3 Å². The van der Waals surface area contributed by atoms with Gasteiger partial charge in [0.25, 0.3) is 11.8 Å². The molecule has 1 aliphatic heterocycles. The molecule has 5 rings (SSSR count). The van der Waals surface area contributed by atoms with Crippen molar-refractivity contribution in [3.8, 4) is 0 Å². The van der Waals surface area contributed by atoms with E-state index >= 15 is 0 Å². The van der Waals surface area contributed by atoms with E-state index in [0.717, 1.165) is 36.4 Å². The fourth-order valence-corrected chi connectivity index (χ4v) is 4.63. The van der Waals surface area contributed by atoms with Gasteiger partial charge in [-0.25, -0.2) is 4.98 Å². The molecule has 7 nitrogen and oxygen atoms in total. The first-order valence-corrected chi connectivity index (χ1v) is 11.6. The molecule has 1 aliphatic rings. The lowest BCUT2D eigenvalue weighted by Gasteiger charge is -2.32. The van der Waals surface area contributed by atoms with Crippen LogP contribution >= 0.6 is 0 Å². The molecule has 1 aromatic carbocycles. The highest BCUT2D eigenvalue weighted by Gasteiger charge is 2.30. The lowest BCUT2D eigenvalue weighted by atomic mass is 9.96. The van der Waals surface area contributed by atoms with Crippen molar-refractivity contribution < 1.29 is 9.59 Å². The number of carbonyl (C=O) groups excluding carboxylic acids is 2. The van der Waals surface area contributed by atoms with Gasteiger partial charge in [-0.05, 0) is 49.2 Å². The van der Waals surface area contributed by atoms with E-state index < -0.39 is 0 Å². The van der Waals surface area contributed by atoms with Crippen LogP contribution in [-0.2, 0) is 6.54 Å². The van der Waals surface area contributed by atoms with Crippen LogP contribution < -0.4 is 0 Å². The number of likely N-dealkylation sites (tertiary alicyclic amines) is 1. The molecule has 0 spiro atoms. The monoisotopic (exact) mass is 453 g/mol. The van der Waals surface area contributed by atoms with Crippen molar-refractivity contribution in [1.82, 2.24) is 24.2 Å². The zero-order valence-electron chi connectivity index (χ0n) is 19.2. The second-order valence-electron chi connectivity index (χ2n) is 8.71. The zero-order valence-corrected chi connectivity index (χ0v) is 19.2. The molecule has 34 heavy (non-hydrogen) atoms. The summed E-state index contributed by atoms with van der Waals surface area (Å²) in [4.78, 5) is 39.2. The number of amides is 2. The molecule has 0 saturated carbocycles. The second kappa shape index (κ2) is 9.47. The van der Waals surface area contributed by atoms with Gasteiger partial charge in [0, 0.05) is 44.0 Å². The fraction of sp³-hybridized carbons (Fsp3) is 0.259. The summed E-state index contributed by atoms with van der Waals surface area (Å²) in [6.45, 7) is 1.72. The van der Waals surface area contributed by atoms with Crippen molar-refractivity contribution in [2.24, 2.45) is 0 Å². The molecule has 0 bridgehead atoms. The van der Waals surface area contributed by atoms with Crippen LogP contribution in [0.1, 0.15) is 51.1 Å². The van der Waals surface area contributed by atoms with Crippen molar-refractivity contribution in [2.75, 3.05) is 20.1 Å². The first kappa shape index (κ1) is 21.8. The molecule has 172 valence electrons. The van der Waals surface area contributed by atoms with Crippen molar-refractivity contribution in [3.05, 3.63) is 102 Å². The van der Waals surface area contributed by atoms with E-state index in [1.807, 2.05) is 82.2 Å². The molecule has 1 atom stereocenters. The van der Waals surface area contributed by atoms with Gasteiger partial charge in [0.2, 0.25) is 0 Å². The predicted molar refractivity (Wildman–Crippen MR) is 130 cm³/mol. The lowest BCUT2D eigenvalue weighted by Crippen LogP contribution is -2.39. The van der Waals surface area contributed by atoms with E-state index in [1.165, 1.54) is 0 Å². The van der Waals surface area contributed by atoms with Gasteiger partial charge in [0.15, 0.2) is 5.69 Å². The van der Waals surface area contributed by atoms with E-state index in [1.54, 1.807) is 18.1 Å². The first-order chi connectivity index (χ1) is 16.6. The average molecular weight is 454 g/mol. The number of hydrogen-bond donors (Lipinski definition) is 0. The van der Waals surface area contributed by atoms with Gasteiger partial charge in [-0.3, -0.25) is 14.6 Å². The van der Waals surface area contributed by atoms with Gasteiger partial charge in [0.05, 0.1) is 17.8 Å². The maximum atomic E-state index is 13.4. The van der Waals surface area contributed by atoms with Crippen LogP contribution in [0.4, 0.5) is 0 Å². The fourth-order valence-electron chi connectivity index (χ4n) is 4.63. The Hall–Kier alpha value is -4.00. The molecule has 7 heteroatoms. The molecule has 0 aliphatic carbocycles. The highest BCUT2D eigenvalue weighted by Crippen LogP contribution is 2.29. The van der Waals surface area contributed by atoms with E-state index in [2.05, 4.69) is 4.98 Å². The Balaban J connectivity index is 1.42. The Morgan fingerprint density at radius 1 is 1.03 bits per heavy atom. The lowest BCUT2D eigenvalue weighted by molar-refractivity contribution is 0.0702. The Kier molecular flexibility index (Phi) is 6.08. The number of imidazole rings is 1. The standard InChI is InChI=1S/C27H27N5O2/c1-30(19-22-13-5-7-15-28-22)27(34)24-23-14-6-8-17-32(23)25(29-24)21-12-9-16-31(18-21)26(33)20-10-3-2-4-11-20/h2-8,10-11,13-15,17,21H,9,12,16,18-19H2,1H3/t21-/m0/s1. The Morgan fingerprint density at radius 2 is 1.82 bits per heavy atom. The van der Waals surface area contributed by atoms with Crippen molar-refractivity contribution in [2.45, 2.75) is 25.3 Å². The normalized spacial score (nSPS) is 15.9. The predicted octanol–water partition coefficient (Wildman–Crippen LogP) is 4.02. The Labute approximate surface area is 198 Å². The summed E-state index contributed by atoms with van der Waals surface area (Å²) in [7, 11) is 1.77. The van der Waals surface area contributed by atoms with E-state index in [4.69, 9.17) is 4.98 Å². The van der Waals surface area contributed by atoms with E-state index in [0.29, 0.717) is 24.3 Å². The molecule has 4 aromatic rings. The second-order valence-corrected chi connectivity index (χ2v) is 8.71. The third-order valence-electron chi connectivity index (χ3n) is 6.34. The van der Waals surface area contributed by atoms with Crippen LogP contribution in [0.15, 0.2) is 79.1 Å². The summed E-state index contributed by atoms with van der Waals surface area (Å²) in [6.07, 6.45) is 5.49. The summed E-state index contributed by atoms with van der Waals surface area (Å²) in [5, 5.41) is 0. The summed E-state index contributed by atoms with van der Waals surface area (Å²) < 4.78 is 2.00. The molecule has 0 N–H and O–H groups in total. The highest BCUT2D eigenvalue weighted by atomic mass is 16.2.